The van der Waals surface area contributed by atoms with Crippen molar-refractivity contribution >= 4 is 57.0 Å². The molecule has 0 unspecified atom stereocenters. The average molecular weight is 501 g/mol. The summed E-state index contributed by atoms with van der Waals surface area (Å²) in [6.45, 7) is 0.365. The van der Waals surface area contributed by atoms with Crippen LogP contribution in [0.15, 0.2) is 94.8 Å². The number of methoxy groups -OCH3 is 1. The number of rotatable bonds is 6. The Bertz CT molecular complexity index is 1460. The van der Waals surface area contributed by atoms with Gasteiger partial charge in [-0.2, -0.15) is 0 Å². The first-order valence-corrected chi connectivity index (χ1v) is 12.1. The Balaban J connectivity index is 1.38. The Hall–Kier alpha value is -3.74. The number of fused-ring (bicyclic) bond motifs is 1. The highest BCUT2D eigenvalue weighted by Crippen LogP contribution is 2.39. The van der Waals surface area contributed by atoms with Crippen molar-refractivity contribution in [2.45, 2.75) is 6.61 Å². The molecule has 0 radical (unpaired) electrons. The van der Waals surface area contributed by atoms with Crippen LogP contribution >= 0.6 is 23.4 Å². The molecule has 4 aromatic rings. The summed E-state index contributed by atoms with van der Waals surface area (Å²) in [7, 11) is 1.56. The molecule has 1 aliphatic rings. The molecule has 1 aliphatic heterocycles. The number of thioether (sulfide) groups is 1. The highest BCUT2D eigenvalue weighted by molar-refractivity contribution is 8.18. The van der Waals surface area contributed by atoms with Gasteiger partial charge in [0.15, 0.2) is 16.7 Å². The van der Waals surface area contributed by atoms with Crippen molar-refractivity contribution in [1.29, 1.82) is 0 Å². The minimum absolute atomic E-state index is 0.214. The maximum atomic E-state index is 12.6. The first-order chi connectivity index (χ1) is 17.1. The number of nitrogens with zero attached hydrogens (tertiary/aromatic N) is 1. The first kappa shape index (κ1) is 23.0. The van der Waals surface area contributed by atoms with Gasteiger partial charge in [-0.3, -0.25) is 4.79 Å². The van der Waals surface area contributed by atoms with Crippen LogP contribution in [0.25, 0.3) is 16.8 Å². The molecule has 35 heavy (non-hydrogen) atoms. The van der Waals surface area contributed by atoms with Gasteiger partial charge < -0.3 is 14.8 Å². The Morgan fingerprint density at radius 3 is 2.60 bits per heavy atom. The number of carbonyl (C=O) groups is 1. The van der Waals surface area contributed by atoms with E-state index in [1.54, 1.807) is 25.3 Å². The summed E-state index contributed by atoms with van der Waals surface area (Å²) in [5, 5.41) is 5.90. The summed E-state index contributed by atoms with van der Waals surface area (Å²) < 4.78 is 11.4. The van der Waals surface area contributed by atoms with Gasteiger partial charge in [0.1, 0.15) is 6.61 Å². The smallest absolute Gasteiger partial charge is 0.264 e. The van der Waals surface area contributed by atoms with E-state index in [4.69, 9.17) is 21.1 Å². The molecule has 0 aromatic heterocycles. The van der Waals surface area contributed by atoms with Crippen LogP contribution in [-0.4, -0.2) is 18.2 Å². The van der Waals surface area contributed by atoms with Gasteiger partial charge in [-0.05, 0) is 52.6 Å². The van der Waals surface area contributed by atoms with Crippen molar-refractivity contribution < 1.29 is 14.3 Å². The first-order valence-electron chi connectivity index (χ1n) is 10.9. The number of hydrogen-bond donors (Lipinski definition) is 1. The van der Waals surface area contributed by atoms with E-state index in [0.717, 1.165) is 27.6 Å². The highest BCUT2D eigenvalue weighted by Gasteiger charge is 2.24. The van der Waals surface area contributed by atoms with Crippen LogP contribution in [0.3, 0.4) is 0 Å². The lowest BCUT2D eigenvalue weighted by atomic mass is 10.1. The Kier molecular flexibility index (Phi) is 6.75. The lowest BCUT2D eigenvalue weighted by molar-refractivity contribution is -0.115. The second-order valence-electron chi connectivity index (χ2n) is 7.79. The summed E-state index contributed by atoms with van der Waals surface area (Å²) in [6.07, 6.45) is 1.76. The zero-order chi connectivity index (χ0) is 24.2. The number of aliphatic imine (C=N–C) groups is 1. The van der Waals surface area contributed by atoms with E-state index in [9.17, 15) is 4.79 Å². The Labute approximate surface area is 212 Å². The van der Waals surface area contributed by atoms with Crippen LogP contribution in [0.1, 0.15) is 11.1 Å². The second kappa shape index (κ2) is 10.3. The molecule has 174 valence electrons. The van der Waals surface area contributed by atoms with Gasteiger partial charge in [-0.1, -0.05) is 78.3 Å². The second-order valence-corrected chi connectivity index (χ2v) is 9.23. The van der Waals surface area contributed by atoms with Crippen molar-refractivity contribution in [2.75, 3.05) is 7.11 Å². The van der Waals surface area contributed by atoms with E-state index >= 15 is 0 Å². The van der Waals surface area contributed by atoms with E-state index in [1.165, 1.54) is 11.8 Å². The van der Waals surface area contributed by atoms with Crippen molar-refractivity contribution in [3.8, 4) is 11.5 Å². The summed E-state index contributed by atoms with van der Waals surface area (Å²) in [6, 6.07) is 27.3. The molecule has 0 atom stereocenters. The zero-order valence-electron chi connectivity index (χ0n) is 18.8. The quantitative estimate of drug-likeness (QED) is 0.290. The molecule has 0 aliphatic carbocycles. The van der Waals surface area contributed by atoms with Crippen molar-refractivity contribution in [2.24, 2.45) is 4.99 Å². The van der Waals surface area contributed by atoms with Gasteiger partial charge in [0.25, 0.3) is 5.91 Å². The van der Waals surface area contributed by atoms with Gasteiger partial charge in [0.05, 0.1) is 22.7 Å². The van der Waals surface area contributed by atoms with Crippen LogP contribution in [0.4, 0.5) is 5.69 Å². The van der Waals surface area contributed by atoms with Crippen LogP contribution in [0.2, 0.25) is 5.02 Å². The number of nitrogens with one attached hydrogen (secondary N) is 1. The zero-order valence-corrected chi connectivity index (χ0v) is 20.4. The van der Waals surface area contributed by atoms with Gasteiger partial charge in [0, 0.05) is 5.39 Å². The minimum Gasteiger partial charge on any atom is -0.493 e. The Morgan fingerprint density at radius 1 is 1.00 bits per heavy atom. The summed E-state index contributed by atoms with van der Waals surface area (Å²) in [4.78, 5) is 17.8. The fourth-order valence-electron chi connectivity index (χ4n) is 3.74. The molecule has 4 aromatic carbocycles. The average Bonchev–Trinajstić information content (AvgIpc) is 3.22. The minimum atomic E-state index is -0.214. The third-order valence-corrected chi connectivity index (χ3v) is 6.61. The van der Waals surface area contributed by atoms with E-state index < -0.39 is 0 Å². The molecular weight excluding hydrogens is 480 g/mol. The summed E-state index contributed by atoms with van der Waals surface area (Å²) >= 11 is 7.81. The van der Waals surface area contributed by atoms with E-state index in [0.29, 0.717) is 33.2 Å². The topological polar surface area (TPSA) is 59.9 Å². The maximum absolute atomic E-state index is 12.6. The van der Waals surface area contributed by atoms with Crippen LogP contribution in [-0.2, 0) is 11.4 Å². The molecule has 5 nitrogen and oxygen atoms in total. The molecule has 1 N–H and O–H groups in total. The van der Waals surface area contributed by atoms with Crippen LogP contribution in [0, 0.1) is 0 Å². The number of amidine groups is 1. The molecule has 0 saturated carbocycles. The number of carbonyl (C=O) groups excluding carboxylic acids is 1. The standard InChI is InChI=1S/C28H21ClN2O3S/c1-33-24-15-19(14-22(29)26(24)34-17-18-8-3-2-4-9-18)16-25-27(32)31-28(35-25)30-23-13-7-11-20-10-5-6-12-21(20)23/h2-16H,17H2,1H3,(H,30,31,32)/b25-16-. The normalized spacial score (nSPS) is 15.5. The van der Waals surface area contributed by atoms with Crippen LogP contribution in [0.5, 0.6) is 11.5 Å². The van der Waals surface area contributed by atoms with Gasteiger partial charge in [-0.15, -0.1) is 0 Å². The van der Waals surface area contributed by atoms with Crippen molar-refractivity contribution in [3.05, 3.63) is 106 Å². The van der Waals surface area contributed by atoms with Gasteiger partial charge >= 0.3 is 0 Å². The number of hydrogen-bond acceptors (Lipinski definition) is 5. The molecule has 0 spiro atoms. The fraction of sp³-hybridized carbons (Fsp3) is 0.0714. The molecular formula is C28H21ClN2O3S. The molecule has 7 heteroatoms. The number of benzene rings is 4. The fourth-order valence-corrected chi connectivity index (χ4v) is 4.85. The third kappa shape index (κ3) is 5.19. The number of ether oxygens (including phenoxy) is 2. The monoisotopic (exact) mass is 500 g/mol. The predicted octanol–water partition coefficient (Wildman–Crippen LogP) is 6.97. The third-order valence-electron chi connectivity index (χ3n) is 5.42. The molecule has 1 amide bonds. The largest absolute Gasteiger partial charge is 0.493 e. The number of halogens is 1. The molecule has 1 saturated heterocycles. The van der Waals surface area contributed by atoms with E-state index in [1.807, 2.05) is 72.8 Å². The Morgan fingerprint density at radius 2 is 1.77 bits per heavy atom. The van der Waals surface area contributed by atoms with Crippen LogP contribution < -0.4 is 14.8 Å². The lowest BCUT2D eigenvalue weighted by Gasteiger charge is -2.13. The highest BCUT2D eigenvalue weighted by atomic mass is 35.5. The number of amides is 1. The summed E-state index contributed by atoms with van der Waals surface area (Å²) in [5.41, 5.74) is 2.55. The van der Waals surface area contributed by atoms with E-state index in [2.05, 4.69) is 10.3 Å². The van der Waals surface area contributed by atoms with Gasteiger partial charge in [0.2, 0.25) is 0 Å². The molecule has 5 rings (SSSR count). The summed E-state index contributed by atoms with van der Waals surface area (Å²) in [5.74, 6) is 0.740. The SMILES string of the molecule is COc1cc(/C=C2\SC(=Nc3cccc4ccccc34)NC2=O)cc(Cl)c1OCc1ccccc1. The van der Waals surface area contributed by atoms with Crippen molar-refractivity contribution in [3.63, 3.8) is 0 Å². The predicted molar refractivity (Wildman–Crippen MR) is 144 cm³/mol. The van der Waals surface area contributed by atoms with Crippen molar-refractivity contribution in [1.82, 2.24) is 5.32 Å². The molecule has 1 heterocycles. The van der Waals surface area contributed by atoms with E-state index in [-0.39, 0.29) is 5.91 Å². The molecule has 1 fully saturated rings. The van der Waals surface area contributed by atoms with Gasteiger partial charge in [-0.25, -0.2) is 4.99 Å². The maximum Gasteiger partial charge on any atom is 0.264 e. The lowest BCUT2D eigenvalue weighted by Crippen LogP contribution is -2.19. The molecule has 0 bridgehead atoms.